The van der Waals surface area contributed by atoms with Gasteiger partial charge in [-0.1, -0.05) is 6.42 Å². The van der Waals surface area contributed by atoms with Crippen molar-refractivity contribution in [1.82, 2.24) is 9.99 Å². The lowest BCUT2D eigenvalue weighted by molar-refractivity contribution is -0.137. The number of nitrogens with two attached hydrogens (primary N) is 1. The maximum Gasteiger partial charge on any atom is 0.416 e. The highest BCUT2D eigenvalue weighted by molar-refractivity contribution is 5.46. The topological polar surface area (TPSA) is 54.2 Å². The normalized spacial score (nSPS) is 17.7. The molecule has 100 valence electrons. The molecule has 2 heterocycles. The molecule has 0 radical (unpaired) electrons. The van der Waals surface area contributed by atoms with Gasteiger partial charge in [0, 0.05) is 13.1 Å². The second kappa shape index (κ2) is 5.01. The second-order valence-electron chi connectivity index (χ2n) is 4.32. The Hall–Kier alpha value is -1.50. The largest absolute Gasteiger partial charge is 0.416 e. The van der Waals surface area contributed by atoms with E-state index in [9.17, 15) is 13.2 Å². The standard InChI is InChI=1S/C11H15F3N4/c12-11(13,14)8-6-9(15)16-10(7-8)17-18-4-2-1-3-5-18/h6-7H,1-5H2,(H3,15,16,17). The van der Waals surface area contributed by atoms with Crippen molar-refractivity contribution >= 4 is 11.6 Å². The molecule has 1 aliphatic heterocycles. The molecule has 0 spiro atoms. The van der Waals surface area contributed by atoms with Gasteiger partial charge < -0.3 is 11.2 Å². The molecule has 0 amide bonds. The Morgan fingerprint density at radius 3 is 2.44 bits per heavy atom. The van der Waals surface area contributed by atoms with Crippen molar-refractivity contribution in [2.75, 3.05) is 24.2 Å². The zero-order valence-corrected chi connectivity index (χ0v) is 9.80. The fraction of sp³-hybridized carbons (Fsp3) is 0.545. The number of aromatic nitrogens is 1. The van der Waals surface area contributed by atoms with Crippen LogP contribution in [-0.4, -0.2) is 23.1 Å². The Labute approximate surface area is 103 Å². The fourth-order valence-electron chi connectivity index (χ4n) is 1.94. The Balaban J connectivity index is 2.14. The average Bonchev–Trinajstić information content (AvgIpc) is 2.28. The highest BCUT2D eigenvalue weighted by Crippen LogP contribution is 2.31. The Kier molecular flexibility index (Phi) is 3.60. The van der Waals surface area contributed by atoms with Crippen LogP contribution < -0.4 is 11.2 Å². The number of nitrogens with zero attached hydrogens (tertiary/aromatic N) is 2. The number of rotatable bonds is 2. The number of halogens is 3. The molecule has 0 bridgehead atoms. The minimum absolute atomic E-state index is 0.135. The van der Waals surface area contributed by atoms with Crippen LogP contribution in [0.3, 0.4) is 0 Å². The summed E-state index contributed by atoms with van der Waals surface area (Å²) in [6.45, 7) is 1.61. The van der Waals surface area contributed by atoms with Crippen LogP contribution in [-0.2, 0) is 6.18 Å². The lowest BCUT2D eigenvalue weighted by atomic mass is 10.2. The first-order chi connectivity index (χ1) is 8.45. The van der Waals surface area contributed by atoms with Gasteiger partial charge in [0.15, 0.2) is 0 Å². The minimum atomic E-state index is -4.41. The number of nitrogen functional groups attached to an aromatic ring is 1. The van der Waals surface area contributed by atoms with Crippen LogP contribution in [0.4, 0.5) is 24.8 Å². The molecule has 1 aromatic heterocycles. The molecule has 1 aromatic rings. The van der Waals surface area contributed by atoms with Crippen LogP contribution in [0.15, 0.2) is 12.1 Å². The first-order valence-corrected chi connectivity index (χ1v) is 5.81. The van der Waals surface area contributed by atoms with Gasteiger partial charge in [0.05, 0.1) is 5.56 Å². The lowest BCUT2D eigenvalue weighted by Gasteiger charge is -2.27. The van der Waals surface area contributed by atoms with E-state index in [-0.39, 0.29) is 11.6 Å². The summed E-state index contributed by atoms with van der Waals surface area (Å²) >= 11 is 0. The summed E-state index contributed by atoms with van der Waals surface area (Å²) in [5.74, 6) is 0.00793. The molecule has 2 rings (SSSR count). The molecule has 1 saturated heterocycles. The highest BCUT2D eigenvalue weighted by Gasteiger charge is 2.31. The van der Waals surface area contributed by atoms with Crippen molar-refractivity contribution in [2.45, 2.75) is 25.4 Å². The maximum atomic E-state index is 12.6. The SMILES string of the molecule is Nc1cc(C(F)(F)F)cc(NN2CCCCC2)n1. The van der Waals surface area contributed by atoms with Crippen molar-refractivity contribution < 1.29 is 13.2 Å². The van der Waals surface area contributed by atoms with E-state index in [4.69, 9.17) is 5.73 Å². The number of hydrogen-bond acceptors (Lipinski definition) is 4. The zero-order valence-electron chi connectivity index (χ0n) is 9.80. The van der Waals surface area contributed by atoms with Crippen LogP contribution in [0.25, 0.3) is 0 Å². The van der Waals surface area contributed by atoms with E-state index in [2.05, 4.69) is 10.4 Å². The van der Waals surface area contributed by atoms with E-state index < -0.39 is 11.7 Å². The lowest BCUT2D eigenvalue weighted by Crippen LogP contribution is -2.35. The van der Waals surface area contributed by atoms with Crippen LogP contribution >= 0.6 is 0 Å². The first kappa shape index (κ1) is 12.9. The molecule has 18 heavy (non-hydrogen) atoms. The van der Waals surface area contributed by atoms with Gasteiger partial charge >= 0.3 is 6.18 Å². The molecule has 0 aliphatic carbocycles. The molecule has 4 nitrogen and oxygen atoms in total. The summed E-state index contributed by atoms with van der Waals surface area (Å²) in [4.78, 5) is 3.87. The highest BCUT2D eigenvalue weighted by atomic mass is 19.4. The third-order valence-corrected chi connectivity index (χ3v) is 2.80. The van der Waals surface area contributed by atoms with E-state index in [0.29, 0.717) is 0 Å². The van der Waals surface area contributed by atoms with Gasteiger partial charge in [-0.05, 0) is 25.0 Å². The molecule has 0 aromatic carbocycles. The molecular weight excluding hydrogens is 245 g/mol. The third-order valence-electron chi connectivity index (χ3n) is 2.80. The molecule has 7 heteroatoms. The summed E-state index contributed by atoms with van der Waals surface area (Å²) in [5, 5.41) is 1.87. The summed E-state index contributed by atoms with van der Waals surface area (Å²) in [6.07, 6.45) is -1.20. The number of pyridine rings is 1. The van der Waals surface area contributed by atoms with Crippen LogP contribution in [0.2, 0.25) is 0 Å². The number of nitrogens with one attached hydrogen (secondary N) is 1. The van der Waals surface area contributed by atoms with E-state index in [1.807, 2.05) is 5.01 Å². The number of alkyl halides is 3. The van der Waals surface area contributed by atoms with Crippen molar-refractivity contribution in [3.8, 4) is 0 Å². The predicted octanol–water partition coefficient (Wildman–Crippen LogP) is 2.50. The van der Waals surface area contributed by atoms with Crippen molar-refractivity contribution in [3.05, 3.63) is 17.7 Å². The van der Waals surface area contributed by atoms with Crippen molar-refractivity contribution in [3.63, 3.8) is 0 Å². The van der Waals surface area contributed by atoms with E-state index in [0.717, 1.165) is 44.5 Å². The predicted molar refractivity (Wildman–Crippen MR) is 62.7 cm³/mol. The third kappa shape index (κ3) is 3.25. The van der Waals surface area contributed by atoms with Gasteiger partial charge in [0.1, 0.15) is 11.6 Å². The molecule has 1 aliphatic rings. The smallest absolute Gasteiger partial charge is 0.384 e. The molecule has 0 unspecified atom stereocenters. The zero-order chi connectivity index (χ0) is 13.2. The monoisotopic (exact) mass is 260 g/mol. The summed E-state index contributed by atoms with van der Waals surface area (Å²) < 4.78 is 37.8. The Morgan fingerprint density at radius 2 is 1.83 bits per heavy atom. The molecule has 1 fully saturated rings. The van der Waals surface area contributed by atoms with Crippen LogP contribution in [0, 0.1) is 0 Å². The number of anilines is 2. The second-order valence-corrected chi connectivity index (χ2v) is 4.32. The average molecular weight is 260 g/mol. The maximum absolute atomic E-state index is 12.6. The van der Waals surface area contributed by atoms with Crippen molar-refractivity contribution in [1.29, 1.82) is 0 Å². The minimum Gasteiger partial charge on any atom is -0.384 e. The van der Waals surface area contributed by atoms with E-state index in [1.165, 1.54) is 0 Å². The van der Waals surface area contributed by atoms with Gasteiger partial charge in [-0.3, -0.25) is 0 Å². The molecular formula is C11H15F3N4. The molecule has 3 N–H and O–H groups in total. The summed E-state index contributed by atoms with van der Waals surface area (Å²) in [6, 6.07) is 1.81. The first-order valence-electron chi connectivity index (χ1n) is 5.81. The Morgan fingerprint density at radius 1 is 1.17 bits per heavy atom. The Bertz CT molecular complexity index is 413. The quantitative estimate of drug-likeness (QED) is 0.857. The van der Waals surface area contributed by atoms with Crippen LogP contribution in [0.5, 0.6) is 0 Å². The van der Waals surface area contributed by atoms with Gasteiger partial charge in [-0.25, -0.2) is 9.99 Å². The van der Waals surface area contributed by atoms with E-state index >= 15 is 0 Å². The van der Waals surface area contributed by atoms with Crippen molar-refractivity contribution in [2.24, 2.45) is 0 Å². The fourth-order valence-corrected chi connectivity index (χ4v) is 1.94. The molecule has 0 atom stereocenters. The van der Waals surface area contributed by atoms with Gasteiger partial charge in [0.25, 0.3) is 0 Å². The van der Waals surface area contributed by atoms with Gasteiger partial charge in [-0.2, -0.15) is 13.2 Å². The van der Waals surface area contributed by atoms with Gasteiger partial charge in [0.2, 0.25) is 0 Å². The number of hydrazine groups is 1. The van der Waals surface area contributed by atoms with Gasteiger partial charge in [-0.15, -0.1) is 0 Å². The number of hydrogen-bond donors (Lipinski definition) is 2. The summed E-state index contributed by atoms with van der Waals surface area (Å²) in [5.41, 5.74) is 7.49. The molecule has 0 saturated carbocycles. The van der Waals surface area contributed by atoms with Crippen LogP contribution in [0.1, 0.15) is 24.8 Å². The summed E-state index contributed by atoms with van der Waals surface area (Å²) in [7, 11) is 0. The van der Waals surface area contributed by atoms with E-state index in [1.54, 1.807) is 0 Å². The number of piperidine rings is 1.